The number of carbonyl (C=O) groups is 1. The molecule has 5 heteroatoms. The molecule has 0 radical (unpaired) electrons. The molecule has 4 atom stereocenters. The number of hydrogen-bond donors (Lipinski definition) is 2. The summed E-state index contributed by atoms with van der Waals surface area (Å²) in [6.45, 7) is 8.01. The highest BCUT2D eigenvalue weighted by Gasteiger charge is 2.40. The summed E-state index contributed by atoms with van der Waals surface area (Å²) in [5.74, 6) is 2.79. The summed E-state index contributed by atoms with van der Waals surface area (Å²) in [5.41, 5.74) is 5.51. The topological polar surface area (TPSA) is 67.6 Å². The van der Waals surface area contributed by atoms with Crippen molar-refractivity contribution in [3.8, 4) is 0 Å². The number of nitrogens with zero attached hydrogens (tertiary/aromatic N) is 1. The average Bonchev–Trinajstić information content (AvgIpc) is 3.03. The van der Waals surface area contributed by atoms with Crippen LogP contribution in [-0.4, -0.2) is 49.3 Å². The molecule has 2 bridgehead atoms. The number of likely N-dealkylation sites (N-methyl/N-ethyl adjacent to an activating group) is 1. The van der Waals surface area contributed by atoms with Crippen LogP contribution in [0.15, 0.2) is 0 Å². The normalized spacial score (nSPS) is 28.2. The van der Waals surface area contributed by atoms with Crippen LogP contribution in [-0.2, 0) is 4.74 Å². The van der Waals surface area contributed by atoms with E-state index in [2.05, 4.69) is 17.3 Å². The van der Waals surface area contributed by atoms with E-state index in [0.29, 0.717) is 19.1 Å². The first-order chi connectivity index (χ1) is 10.8. The third-order valence-corrected chi connectivity index (χ3v) is 5.45. The van der Waals surface area contributed by atoms with Gasteiger partial charge < -0.3 is 20.7 Å². The highest BCUT2D eigenvalue weighted by atomic mass is 16.6. The molecule has 134 valence electrons. The molecule has 4 unspecified atom stereocenters. The summed E-state index contributed by atoms with van der Waals surface area (Å²) >= 11 is 0. The van der Waals surface area contributed by atoms with E-state index in [4.69, 9.17) is 10.5 Å². The van der Waals surface area contributed by atoms with Crippen LogP contribution in [0.3, 0.4) is 0 Å². The maximum absolute atomic E-state index is 11.7. The maximum atomic E-state index is 11.7. The fourth-order valence-electron chi connectivity index (χ4n) is 4.29. The maximum Gasteiger partial charge on any atom is 0.407 e. The molecule has 0 aliphatic heterocycles. The second kappa shape index (κ2) is 7.84. The van der Waals surface area contributed by atoms with Crippen LogP contribution in [0.2, 0.25) is 0 Å². The Balaban J connectivity index is 1.68. The number of rotatable bonds is 7. The molecule has 0 aromatic heterocycles. The van der Waals surface area contributed by atoms with Crippen LogP contribution in [0.5, 0.6) is 0 Å². The van der Waals surface area contributed by atoms with Gasteiger partial charge in [0.2, 0.25) is 0 Å². The molecule has 2 rings (SSSR count). The van der Waals surface area contributed by atoms with Crippen LogP contribution >= 0.6 is 0 Å². The average molecular weight is 325 g/mol. The lowest BCUT2D eigenvalue weighted by Gasteiger charge is -2.32. The molecule has 0 heterocycles. The number of nitrogens with one attached hydrogen (secondary N) is 1. The first kappa shape index (κ1) is 18.5. The van der Waals surface area contributed by atoms with E-state index >= 15 is 0 Å². The molecule has 2 fully saturated rings. The number of ether oxygens (including phenoxy) is 1. The summed E-state index contributed by atoms with van der Waals surface area (Å²) in [6, 6.07) is 0.323. The Bertz CT molecular complexity index is 394. The SMILES string of the molecule is CN(CC1CC2CCC1C2)C(CN)CCNC(=O)OC(C)(C)C. The summed E-state index contributed by atoms with van der Waals surface area (Å²) in [6.07, 6.45) is 6.26. The van der Waals surface area contributed by atoms with Crippen molar-refractivity contribution in [2.45, 2.75) is 64.5 Å². The summed E-state index contributed by atoms with van der Waals surface area (Å²) in [7, 11) is 2.18. The lowest BCUT2D eigenvalue weighted by molar-refractivity contribution is 0.0521. The molecule has 3 N–H and O–H groups in total. The van der Waals surface area contributed by atoms with E-state index in [1.807, 2.05) is 20.8 Å². The van der Waals surface area contributed by atoms with Crippen molar-refractivity contribution in [3.05, 3.63) is 0 Å². The summed E-state index contributed by atoms with van der Waals surface area (Å²) < 4.78 is 5.26. The third kappa shape index (κ3) is 5.64. The minimum Gasteiger partial charge on any atom is -0.444 e. The Morgan fingerprint density at radius 3 is 2.61 bits per heavy atom. The quantitative estimate of drug-likeness (QED) is 0.755. The number of amides is 1. The zero-order chi connectivity index (χ0) is 17.0. The molecule has 2 aliphatic carbocycles. The Morgan fingerprint density at radius 1 is 1.35 bits per heavy atom. The molecule has 2 saturated carbocycles. The van der Waals surface area contributed by atoms with E-state index in [9.17, 15) is 4.79 Å². The van der Waals surface area contributed by atoms with Crippen LogP contribution in [0.1, 0.15) is 52.9 Å². The van der Waals surface area contributed by atoms with Crippen molar-refractivity contribution in [1.29, 1.82) is 0 Å². The van der Waals surface area contributed by atoms with Crippen LogP contribution in [0.25, 0.3) is 0 Å². The Hall–Kier alpha value is -0.810. The molecule has 5 nitrogen and oxygen atoms in total. The van der Waals surface area contributed by atoms with Gasteiger partial charge in [0.25, 0.3) is 0 Å². The van der Waals surface area contributed by atoms with E-state index in [1.54, 1.807) is 0 Å². The van der Waals surface area contributed by atoms with Gasteiger partial charge in [0.05, 0.1) is 0 Å². The Labute approximate surface area is 141 Å². The Morgan fingerprint density at radius 2 is 2.09 bits per heavy atom. The van der Waals surface area contributed by atoms with Gasteiger partial charge in [-0.15, -0.1) is 0 Å². The van der Waals surface area contributed by atoms with Crippen molar-refractivity contribution < 1.29 is 9.53 Å². The summed E-state index contributed by atoms with van der Waals surface area (Å²) in [4.78, 5) is 14.1. The monoisotopic (exact) mass is 325 g/mol. The second-order valence-corrected chi connectivity index (χ2v) is 8.48. The molecule has 0 saturated heterocycles. The molecule has 2 aliphatic rings. The molecular weight excluding hydrogens is 290 g/mol. The first-order valence-corrected chi connectivity index (χ1v) is 9.15. The zero-order valence-corrected chi connectivity index (χ0v) is 15.3. The van der Waals surface area contributed by atoms with Crippen molar-refractivity contribution in [1.82, 2.24) is 10.2 Å². The highest BCUT2D eigenvalue weighted by Crippen LogP contribution is 2.48. The second-order valence-electron chi connectivity index (χ2n) is 8.48. The van der Waals surface area contributed by atoms with Crippen molar-refractivity contribution in [2.24, 2.45) is 23.5 Å². The first-order valence-electron chi connectivity index (χ1n) is 9.15. The number of carbonyl (C=O) groups excluding carboxylic acids is 1. The predicted octanol–water partition coefficient (Wildman–Crippen LogP) is 2.60. The number of hydrogen-bond acceptors (Lipinski definition) is 4. The molecule has 0 spiro atoms. The molecule has 1 amide bonds. The van der Waals surface area contributed by atoms with Gasteiger partial charge in [-0.05, 0) is 71.3 Å². The van der Waals surface area contributed by atoms with Gasteiger partial charge in [-0.25, -0.2) is 4.79 Å². The van der Waals surface area contributed by atoms with Crippen molar-refractivity contribution in [2.75, 3.05) is 26.7 Å². The number of fused-ring (bicyclic) bond motifs is 2. The van der Waals surface area contributed by atoms with E-state index < -0.39 is 5.60 Å². The van der Waals surface area contributed by atoms with Gasteiger partial charge in [0, 0.05) is 25.7 Å². The standard InChI is InChI=1S/C18H35N3O2/c1-18(2,3)23-17(22)20-8-7-16(11-19)21(4)12-15-10-13-5-6-14(15)9-13/h13-16H,5-12,19H2,1-4H3,(H,20,22). The fraction of sp³-hybridized carbons (Fsp3) is 0.944. The van der Waals surface area contributed by atoms with Gasteiger partial charge in [0.15, 0.2) is 0 Å². The predicted molar refractivity (Wildman–Crippen MR) is 93.3 cm³/mol. The lowest BCUT2D eigenvalue weighted by atomic mass is 9.88. The van der Waals surface area contributed by atoms with Gasteiger partial charge >= 0.3 is 6.09 Å². The highest BCUT2D eigenvalue weighted by molar-refractivity contribution is 5.67. The van der Waals surface area contributed by atoms with Gasteiger partial charge in [-0.3, -0.25) is 0 Å². The van der Waals surface area contributed by atoms with E-state index in [-0.39, 0.29) is 6.09 Å². The minimum atomic E-state index is -0.448. The fourth-order valence-corrected chi connectivity index (χ4v) is 4.29. The van der Waals surface area contributed by atoms with Gasteiger partial charge in [0.1, 0.15) is 5.60 Å². The summed E-state index contributed by atoms with van der Waals surface area (Å²) in [5, 5.41) is 2.84. The number of nitrogens with two attached hydrogens (primary N) is 1. The minimum absolute atomic E-state index is 0.323. The van der Waals surface area contributed by atoms with Crippen molar-refractivity contribution >= 4 is 6.09 Å². The number of alkyl carbamates (subject to hydrolysis) is 1. The lowest BCUT2D eigenvalue weighted by Crippen LogP contribution is -2.43. The zero-order valence-electron chi connectivity index (χ0n) is 15.3. The van der Waals surface area contributed by atoms with Crippen LogP contribution in [0, 0.1) is 17.8 Å². The van der Waals surface area contributed by atoms with Crippen LogP contribution < -0.4 is 11.1 Å². The van der Waals surface area contributed by atoms with E-state index in [1.165, 1.54) is 25.7 Å². The molecule has 23 heavy (non-hydrogen) atoms. The molecule has 0 aromatic rings. The molecular formula is C18H35N3O2. The van der Waals surface area contributed by atoms with Crippen LogP contribution in [0.4, 0.5) is 4.79 Å². The third-order valence-electron chi connectivity index (χ3n) is 5.45. The van der Waals surface area contributed by atoms with Gasteiger partial charge in [-0.2, -0.15) is 0 Å². The van der Waals surface area contributed by atoms with E-state index in [0.717, 1.165) is 30.7 Å². The molecule has 0 aromatic carbocycles. The Kier molecular flexibility index (Phi) is 6.32. The van der Waals surface area contributed by atoms with Crippen molar-refractivity contribution in [3.63, 3.8) is 0 Å². The van der Waals surface area contributed by atoms with Gasteiger partial charge in [-0.1, -0.05) is 6.42 Å². The smallest absolute Gasteiger partial charge is 0.407 e. The largest absolute Gasteiger partial charge is 0.444 e.